The molecule has 14 nitrogen and oxygen atoms in total. The Hall–Kier alpha value is -6.09. The van der Waals surface area contributed by atoms with E-state index in [4.69, 9.17) is 27.2 Å². The van der Waals surface area contributed by atoms with Gasteiger partial charge in [-0.2, -0.15) is 0 Å². The summed E-state index contributed by atoms with van der Waals surface area (Å²) in [6.07, 6.45) is 1.94. The van der Waals surface area contributed by atoms with Crippen molar-refractivity contribution in [1.29, 1.82) is 0 Å². The van der Waals surface area contributed by atoms with Gasteiger partial charge in [-0.15, -0.1) is 0 Å². The number of aliphatic hydroxyl groups excluding tert-OH is 1. The second kappa shape index (κ2) is 18.9. The van der Waals surface area contributed by atoms with E-state index in [2.05, 4.69) is 21.3 Å². The first-order chi connectivity index (χ1) is 27.9. The number of ketones is 1. The number of carbonyl (C=O) groups excluding carboxylic acids is 6. The number of amides is 5. The van der Waals surface area contributed by atoms with Gasteiger partial charge in [-0.3, -0.25) is 28.8 Å². The maximum atomic E-state index is 14.1. The van der Waals surface area contributed by atoms with Crippen molar-refractivity contribution in [3.8, 4) is 28.0 Å². The van der Waals surface area contributed by atoms with Crippen LogP contribution < -0.4 is 31.7 Å². The van der Waals surface area contributed by atoms with Crippen molar-refractivity contribution < 1.29 is 38.6 Å². The first-order valence-electron chi connectivity index (χ1n) is 18.9. The van der Waals surface area contributed by atoms with E-state index in [9.17, 15) is 28.8 Å². The van der Waals surface area contributed by atoms with Crippen LogP contribution in [0.15, 0.2) is 84.9 Å². The van der Waals surface area contributed by atoms with E-state index >= 15 is 0 Å². The fraction of sp³-hybridized carbons (Fsp3) is 0.302. The molecule has 5 amide bonds. The molecule has 2 aliphatic rings. The second-order valence-electron chi connectivity index (χ2n) is 14.2. The molecule has 1 aliphatic carbocycles. The summed E-state index contributed by atoms with van der Waals surface area (Å²) >= 11 is 6.01. The van der Waals surface area contributed by atoms with Crippen molar-refractivity contribution in [3.63, 3.8) is 0 Å². The van der Waals surface area contributed by atoms with E-state index in [-0.39, 0.29) is 25.5 Å². The Morgan fingerprint density at radius 2 is 1.60 bits per heavy atom. The molecule has 4 aromatic carbocycles. The first kappa shape index (κ1) is 41.5. The van der Waals surface area contributed by atoms with Crippen molar-refractivity contribution >= 4 is 46.9 Å². The number of hydrogen-bond acceptors (Lipinski definition) is 9. The van der Waals surface area contributed by atoms with Gasteiger partial charge < -0.3 is 41.7 Å². The van der Waals surface area contributed by atoms with E-state index in [0.717, 1.165) is 35.1 Å². The lowest BCUT2D eigenvalue weighted by Gasteiger charge is -2.29. The molecular formula is C43H45ClN6O8. The number of aliphatic hydroxyl groups is 1. The molecule has 58 heavy (non-hydrogen) atoms. The predicted octanol–water partition coefficient (Wildman–Crippen LogP) is 2.65. The lowest BCUT2D eigenvalue weighted by Crippen LogP contribution is -2.52. The minimum Gasteiger partial charge on any atom is -0.492 e. The minimum absolute atomic E-state index is 0.0273. The van der Waals surface area contributed by atoms with E-state index in [1.807, 2.05) is 30.3 Å². The van der Waals surface area contributed by atoms with E-state index < -0.39 is 73.6 Å². The monoisotopic (exact) mass is 808 g/mol. The van der Waals surface area contributed by atoms with E-state index in [0.29, 0.717) is 33.0 Å². The van der Waals surface area contributed by atoms with Crippen LogP contribution in [0.2, 0.25) is 5.02 Å². The maximum absolute atomic E-state index is 14.1. The SMILES string of the molecule is CN(C(=O)CNC(=O)c1ccc(-c2ccc(Cl)cc2)cc1)C1C(=O)NCC(=O)NC(C(=O)NCC(=O)CO)Cc2ccc(OCCN)c(c2)-c2cc1ccc2C1CC1. The molecule has 1 heterocycles. The number of rotatable bonds is 13. The molecule has 15 heteroatoms. The van der Waals surface area contributed by atoms with Crippen LogP contribution in [0.3, 0.4) is 0 Å². The van der Waals surface area contributed by atoms with Gasteiger partial charge in [0.25, 0.3) is 5.91 Å². The molecule has 7 N–H and O–H groups in total. The van der Waals surface area contributed by atoms with Gasteiger partial charge in [-0.05, 0) is 94.6 Å². The highest BCUT2D eigenvalue weighted by Crippen LogP contribution is 2.47. The zero-order valence-electron chi connectivity index (χ0n) is 31.9. The van der Waals surface area contributed by atoms with Gasteiger partial charge in [0, 0.05) is 36.2 Å². The molecule has 4 bridgehead atoms. The first-order valence-corrected chi connectivity index (χ1v) is 19.3. The number of fused-ring (bicyclic) bond motifs is 5. The quantitative estimate of drug-likeness (QED) is 0.117. The van der Waals surface area contributed by atoms with Crippen LogP contribution in [0.4, 0.5) is 0 Å². The molecule has 0 spiro atoms. The number of nitrogens with two attached hydrogens (primary N) is 1. The topological polar surface area (TPSA) is 209 Å². The fourth-order valence-electron chi connectivity index (χ4n) is 6.79. The van der Waals surface area contributed by atoms with Crippen molar-refractivity contribution in [2.45, 2.75) is 37.3 Å². The van der Waals surface area contributed by atoms with Gasteiger partial charge in [0.15, 0.2) is 5.78 Å². The van der Waals surface area contributed by atoms with Crippen LogP contribution in [-0.2, 0) is 30.4 Å². The summed E-state index contributed by atoms with van der Waals surface area (Å²) in [5.74, 6) is -2.97. The Balaban J connectivity index is 1.30. The largest absolute Gasteiger partial charge is 0.492 e. The highest BCUT2D eigenvalue weighted by molar-refractivity contribution is 6.30. The van der Waals surface area contributed by atoms with Crippen LogP contribution >= 0.6 is 11.6 Å². The number of nitrogens with one attached hydrogen (secondary N) is 4. The number of carbonyl (C=O) groups is 6. The minimum atomic E-state index is -1.24. The number of benzene rings is 4. The Bertz CT molecular complexity index is 2190. The molecule has 1 fully saturated rings. The smallest absolute Gasteiger partial charge is 0.251 e. The zero-order valence-corrected chi connectivity index (χ0v) is 32.6. The number of halogens is 1. The molecule has 302 valence electrons. The highest BCUT2D eigenvalue weighted by Gasteiger charge is 2.33. The van der Waals surface area contributed by atoms with Gasteiger partial charge in [-0.25, -0.2) is 0 Å². The Morgan fingerprint density at radius 1 is 0.897 bits per heavy atom. The van der Waals surface area contributed by atoms with E-state index in [1.165, 1.54) is 11.9 Å². The molecule has 0 aromatic heterocycles. The van der Waals surface area contributed by atoms with Gasteiger partial charge in [0.05, 0.1) is 19.6 Å². The number of Topliss-reactive ketones (excluding diaryl/α,β-unsaturated/α-hetero) is 1. The number of nitrogens with zero attached hydrogens (tertiary/aromatic N) is 1. The summed E-state index contributed by atoms with van der Waals surface area (Å²) in [4.78, 5) is 80.6. The molecule has 6 rings (SSSR count). The Morgan fingerprint density at radius 3 is 2.28 bits per heavy atom. The maximum Gasteiger partial charge on any atom is 0.251 e. The lowest BCUT2D eigenvalue weighted by molar-refractivity contribution is -0.139. The average molecular weight is 809 g/mol. The molecule has 2 atom stereocenters. The molecule has 0 saturated heterocycles. The predicted molar refractivity (Wildman–Crippen MR) is 217 cm³/mol. The van der Waals surface area contributed by atoms with Crippen LogP contribution in [0.5, 0.6) is 5.75 Å². The fourth-order valence-corrected chi connectivity index (χ4v) is 6.92. The highest BCUT2D eigenvalue weighted by atomic mass is 35.5. The second-order valence-corrected chi connectivity index (χ2v) is 14.7. The van der Waals surface area contributed by atoms with Crippen molar-refractivity contribution in [1.82, 2.24) is 26.2 Å². The number of likely N-dealkylation sites (N-methyl/N-ethyl adjacent to an activating group) is 1. The normalized spacial score (nSPS) is 16.6. The van der Waals surface area contributed by atoms with Crippen LogP contribution in [0.1, 0.15) is 51.8 Å². The lowest BCUT2D eigenvalue weighted by atomic mass is 9.89. The van der Waals surface area contributed by atoms with Crippen molar-refractivity contribution in [3.05, 3.63) is 112 Å². The Kier molecular flexibility index (Phi) is 13.5. The molecule has 2 unspecified atom stereocenters. The summed E-state index contributed by atoms with van der Waals surface area (Å²) in [5, 5.41) is 20.1. The Labute approximate surface area is 340 Å². The van der Waals surface area contributed by atoms with Crippen LogP contribution in [0, 0.1) is 0 Å². The third-order valence-electron chi connectivity index (χ3n) is 10.0. The summed E-state index contributed by atoms with van der Waals surface area (Å²) in [5.41, 5.74) is 11.5. The van der Waals surface area contributed by atoms with Crippen molar-refractivity contribution in [2.24, 2.45) is 5.73 Å². The molecular weight excluding hydrogens is 764 g/mol. The average Bonchev–Trinajstić information content (AvgIpc) is 4.09. The van der Waals surface area contributed by atoms with Gasteiger partial charge in [-0.1, -0.05) is 54.1 Å². The van der Waals surface area contributed by atoms with Gasteiger partial charge >= 0.3 is 0 Å². The summed E-state index contributed by atoms with van der Waals surface area (Å²) < 4.78 is 6.09. The zero-order chi connectivity index (χ0) is 41.3. The summed E-state index contributed by atoms with van der Waals surface area (Å²) in [6.45, 7) is -1.71. The summed E-state index contributed by atoms with van der Waals surface area (Å²) in [6, 6.07) is 22.7. The third-order valence-corrected chi connectivity index (χ3v) is 10.3. The van der Waals surface area contributed by atoms with Crippen LogP contribution in [0.25, 0.3) is 22.3 Å². The van der Waals surface area contributed by atoms with Crippen LogP contribution in [-0.4, -0.2) is 97.8 Å². The number of ether oxygens (including phenoxy) is 1. The molecule has 1 aliphatic heterocycles. The molecule has 0 radical (unpaired) electrons. The number of hydrogen-bond donors (Lipinski definition) is 6. The molecule has 1 saturated carbocycles. The summed E-state index contributed by atoms with van der Waals surface area (Å²) in [7, 11) is 1.45. The van der Waals surface area contributed by atoms with Crippen molar-refractivity contribution in [2.75, 3.05) is 46.4 Å². The third kappa shape index (κ3) is 10.3. The van der Waals surface area contributed by atoms with Gasteiger partial charge in [0.1, 0.15) is 31.0 Å². The standard InChI is InChI=1S/C43H45ClN6O8/c1-50(39(54)23-48-41(55)29-7-3-26(4-8-29)27-9-12-31(44)13-10-27)40-30-11-14-33(28-5-6-28)34(20-30)35-18-25(2-15-37(35)58-17-16-45)19-36(42(56)46-21-32(52)24-51)49-38(53)22-47-43(40)57/h2-4,7-15,18,20,28,36,40,51H,5-6,16-17,19,21-24,45H2,1H3,(H,46,56)(H,47,57)(H,48,55)(H,49,53). The molecule has 4 aromatic rings. The van der Waals surface area contributed by atoms with E-state index in [1.54, 1.807) is 54.6 Å². The van der Waals surface area contributed by atoms with Gasteiger partial charge in [0.2, 0.25) is 23.6 Å².